The van der Waals surface area contributed by atoms with E-state index in [1.54, 1.807) is 0 Å². The van der Waals surface area contributed by atoms with E-state index in [1.165, 1.54) is 11.3 Å². The van der Waals surface area contributed by atoms with Crippen LogP contribution >= 0.6 is 15.9 Å². The lowest BCUT2D eigenvalue weighted by atomic mass is 9.99. The van der Waals surface area contributed by atoms with Crippen LogP contribution in [0.2, 0.25) is 0 Å². The Morgan fingerprint density at radius 1 is 0.667 bits per heavy atom. The van der Waals surface area contributed by atoms with Gasteiger partial charge in [0.25, 0.3) is 0 Å². The Morgan fingerprint density at radius 3 is 2.07 bits per heavy atom. The molecule has 0 fully saturated rings. The molecular formula is C27H22BrNO. The van der Waals surface area contributed by atoms with Gasteiger partial charge in [0.2, 0.25) is 0 Å². The number of rotatable bonds is 4. The first-order chi connectivity index (χ1) is 14.6. The van der Waals surface area contributed by atoms with E-state index < -0.39 is 0 Å². The van der Waals surface area contributed by atoms with Crippen molar-refractivity contribution in [2.24, 2.45) is 0 Å². The minimum atomic E-state index is 0.399. The van der Waals surface area contributed by atoms with Gasteiger partial charge in [0.1, 0.15) is 5.58 Å². The molecule has 5 aromatic rings. The predicted octanol–water partition coefficient (Wildman–Crippen LogP) is 8.94. The Labute approximate surface area is 184 Å². The Hall–Kier alpha value is -3.04. The highest BCUT2D eigenvalue weighted by Crippen LogP contribution is 2.44. The summed E-state index contributed by atoms with van der Waals surface area (Å²) in [5, 5.41) is 2.23. The molecule has 0 spiro atoms. The summed E-state index contributed by atoms with van der Waals surface area (Å²) in [5.74, 6) is 0.399. The van der Waals surface area contributed by atoms with Crippen LogP contribution in [0.4, 0.5) is 17.1 Å². The Bertz CT molecular complexity index is 1340. The number of hydrogen-bond acceptors (Lipinski definition) is 2. The SMILES string of the molecule is CC(C)c1ccccc1N(c1ccccc1)c1cccc2c1oc1c(Br)cccc12. The van der Waals surface area contributed by atoms with Crippen molar-refractivity contribution in [1.82, 2.24) is 0 Å². The Morgan fingerprint density at radius 2 is 1.30 bits per heavy atom. The fraction of sp³-hybridized carbons (Fsp3) is 0.111. The van der Waals surface area contributed by atoms with Gasteiger partial charge in [-0.25, -0.2) is 0 Å². The van der Waals surface area contributed by atoms with E-state index in [0.29, 0.717) is 5.92 Å². The Kier molecular flexibility index (Phi) is 4.84. The second-order valence-corrected chi connectivity index (χ2v) is 8.61. The van der Waals surface area contributed by atoms with Gasteiger partial charge in [-0.05, 0) is 57.7 Å². The molecule has 3 heteroatoms. The molecule has 0 unspecified atom stereocenters. The van der Waals surface area contributed by atoms with Gasteiger partial charge < -0.3 is 9.32 Å². The first-order valence-corrected chi connectivity index (χ1v) is 11.0. The van der Waals surface area contributed by atoms with E-state index in [-0.39, 0.29) is 0 Å². The molecule has 0 aliphatic heterocycles. The summed E-state index contributed by atoms with van der Waals surface area (Å²) in [5.41, 5.74) is 6.39. The smallest absolute Gasteiger partial charge is 0.159 e. The number of hydrogen-bond donors (Lipinski definition) is 0. The zero-order valence-corrected chi connectivity index (χ0v) is 18.6. The van der Waals surface area contributed by atoms with Crippen molar-refractivity contribution in [3.05, 3.63) is 101 Å². The normalized spacial score (nSPS) is 11.5. The third kappa shape index (κ3) is 3.10. The second-order valence-electron chi connectivity index (χ2n) is 7.76. The third-order valence-corrected chi connectivity index (χ3v) is 6.13. The van der Waals surface area contributed by atoms with Crippen LogP contribution < -0.4 is 4.90 Å². The van der Waals surface area contributed by atoms with Crippen molar-refractivity contribution in [3.63, 3.8) is 0 Å². The summed E-state index contributed by atoms with van der Waals surface area (Å²) < 4.78 is 7.42. The van der Waals surface area contributed by atoms with Gasteiger partial charge in [0.15, 0.2) is 5.58 Å². The van der Waals surface area contributed by atoms with Crippen LogP contribution in [0.25, 0.3) is 21.9 Å². The lowest BCUT2D eigenvalue weighted by Crippen LogP contribution is -2.12. The van der Waals surface area contributed by atoms with Gasteiger partial charge in [-0.15, -0.1) is 0 Å². The maximum absolute atomic E-state index is 6.45. The van der Waals surface area contributed by atoms with E-state index >= 15 is 0 Å². The molecule has 0 aliphatic rings. The average molecular weight is 456 g/mol. The maximum Gasteiger partial charge on any atom is 0.159 e. The molecule has 0 saturated carbocycles. The molecular weight excluding hydrogens is 434 g/mol. The van der Waals surface area contributed by atoms with Gasteiger partial charge in [0, 0.05) is 22.1 Å². The topological polar surface area (TPSA) is 16.4 Å². The van der Waals surface area contributed by atoms with Crippen LogP contribution in [0.15, 0.2) is 99.9 Å². The van der Waals surface area contributed by atoms with Gasteiger partial charge >= 0.3 is 0 Å². The molecule has 2 nitrogen and oxygen atoms in total. The summed E-state index contributed by atoms with van der Waals surface area (Å²) in [6.07, 6.45) is 0. The highest BCUT2D eigenvalue weighted by molar-refractivity contribution is 9.10. The van der Waals surface area contributed by atoms with Crippen molar-refractivity contribution in [2.75, 3.05) is 4.90 Å². The molecule has 5 rings (SSSR count). The standard InChI is InChI=1S/C27H22BrNO/c1-18(2)20-12-6-7-16-24(20)29(19-10-4-3-5-11-19)25-17-9-14-22-21-13-8-15-23(28)26(21)30-27(22)25/h3-18H,1-2H3. The van der Waals surface area contributed by atoms with E-state index in [1.807, 2.05) is 6.07 Å². The van der Waals surface area contributed by atoms with Crippen molar-refractivity contribution in [1.29, 1.82) is 0 Å². The number of fused-ring (bicyclic) bond motifs is 3. The fourth-order valence-corrected chi connectivity index (χ4v) is 4.56. The molecule has 0 saturated heterocycles. The summed E-state index contributed by atoms with van der Waals surface area (Å²) in [4.78, 5) is 2.31. The minimum absolute atomic E-state index is 0.399. The summed E-state index contributed by atoms with van der Waals surface area (Å²) in [6.45, 7) is 4.47. The number of nitrogens with zero attached hydrogens (tertiary/aromatic N) is 1. The van der Waals surface area contributed by atoms with E-state index in [9.17, 15) is 0 Å². The van der Waals surface area contributed by atoms with Crippen molar-refractivity contribution < 1.29 is 4.42 Å². The molecule has 148 valence electrons. The third-order valence-electron chi connectivity index (χ3n) is 5.51. The first-order valence-electron chi connectivity index (χ1n) is 10.2. The van der Waals surface area contributed by atoms with Gasteiger partial charge in [-0.1, -0.05) is 74.5 Å². The average Bonchev–Trinajstić information content (AvgIpc) is 3.16. The summed E-state index contributed by atoms with van der Waals surface area (Å²) >= 11 is 3.65. The predicted molar refractivity (Wildman–Crippen MR) is 130 cm³/mol. The van der Waals surface area contributed by atoms with Crippen molar-refractivity contribution >= 4 is 54.9 Å². The molecule has 0 amide bonds. The van der Waals surface area contributed by atoms with Crippen molar-refractivity contribution in [3.8, 4) is 0 Å². The molecule has 0 N–H and O–H groups in total. The largest absolute Gasteiger partial charge is 0.453 e. The lowest BCUT2D eigenvalue weighted by Gasteiger charge is -2.28. The minimum Gasteiger partial charge on any atom is -0.453 e. The number of anilines is 3. The molecule has 1 aromatic heterocycles. The van der Waals surface area contributed by atoms with Crippen LogP contribution in [0.3, 0.4) is 0 Å². The fourth-order valence-electron chi connectivity index (χ4n) is 4.11. The lowest BCUT2D eigenvalue weighted by molar-refractivity contribution is 0.667. The Balaban J connectivity index is 1.85. The molecule has 0 atom stereocenters. The van der Waals surface area contributed by atoms with Crippen LogP contribution in [0, 0.1) is 0 Å². The molecule has 4 aromatic carbocycles. The monoisotopic (exact) mass is 455 g/mol. The summed E-state index contributed by atoms with van der Waals surface area (Å²) in [6, 6.07) is 31.7. The van der Waals surface area contributed by atoms with Crippen LogP contribution in [-0.4, -0.2) is 0 Å². The number of halogens is 1. The van der Waals surface area contributed by atoms with E-state index in [0.717, 1.165) is 37.8 Å². The molecule has 0 radical (unpaired) electrons. The van der Waals surface area contributed by atoms with Gasteiger partial charge in [0.05, 0.1) is 10.2 Å². The van der Waals surface area contributed by atoms with Crippen LogP contribution in [-0.2, 0) is 0 Å². The quantitative estimate of drug-likeness (QED) is 0.268. The zero-order chi connectivity index (χ0) is 20.7. The highest BCUT2D eigenvalue weighted by Gasteiger charge is 2.22. The first kappa shape index (κ1) is 19.0. The van der Waals surface area contributed by atoms with Crippen molar-refractivity contribution in [2.45, 2.75) is 19.8 Å². The molecule has 30 heavy (non-hydrogen) atoms. The number of furan rings is 1. The maximum atomic E-state index is 6.45. The zero-order valence-electron chi connectivity index (χ0n) is 17.0. The van der Waals surface area contributed by atoms with E-state index in [2.05, 4.69) is 120 Å². The molecule has 0 aliphatic carbocycles. The van der Waals surface area contributed by atoms with Gasteiger partial charge in [-0.3, -0.25) is 0 Å². The number of benzene rings is 4. The van der Waals surface area contributed by atoms with Gasteiger partial charge in [-0.2, -0.15) is 0 Å². The van der Waals surface area contributed by atoms with Crippen LogP contribution in [0.1, 0.15) is 25.3 Å². The summed E-state index contributed by atoms with van der Waals surface area (Å²) in [7, 11) is 0. The van der Waals surface area contributed by atoms with Crippen LogP contribution in [0.5, 0.6) is 0 Å². The molecule has 0 bridgehead atoms. The number of para-hydroxylation sites is 4. The molecule has 1 heterocycles. The second kappa shape index (κ2) is 7.66. The highest BCUT2D eigenvalue weighted by atomic mass is 79.9. The van der Waals surface area contributed by atoms with E-state index in [4.69, 9.17) is 4.42 Å².